The fourth-order valence-corrected chi connectivity index (χ4v) is 41.7. The van der Waals surface area contributed by atoms with Crippen molar-refractivity contribution in [1.82, 2.24) is 21.3 Å². The van der Waals surface area contributed by atoms with E-state index < -0.39 is 0 Å². The van der Waals surface area contributed by atoms with Gasteiger partial charge in [-0.1, -0.05) is 128 Å². The molecule has 20 heteroatoms. The van der Waals surface area contributed by atoms with Crippen molar-refractivity contribution in [3.63, 3.8) is 0 Å². The van der Waals surface area contributed by atoms with E-state index in [0.29, 0.717) is 12.1 Å². The smallest absolute Gasteiger partial charge is 0.687 e. The first-order valence-corrected chi connectivity index (χ1v) is 54.3. The monoisotopic (exact) mass is 2330 g/mol. The van der Waals surface area contributed by atoms with Crippen molar-refractivity contribution >= 4 is 55.3 Å². The Morgan fingerprint density at radius 1 is 0.282 bits per heavy atom. The Morgan fingerprint density at radius 2 is 0.491 bits per heavy atom. The molecular weight excluding hydrogens is 2170 g/mol. The molecule has 4 amide bonds. The van der Waals surface area contributed by atoms with E-state index >= 15 is 0 Å². The number of nitrogens with one attached hydrogen (secondary N) is 4. The zero-order valence-corrected chi connectivity index (χ0v) is 81.6. The molecule has 0 spiro atoms. The molecule has 14 rings (SSSR count). The van der Waals surface area contributed by atoms with E-state index in [1.54, 1.807) is 307 Å². The first-order chi connectivity index (χ1) is 52.3. The van der Waals surface area contributed by atoms with Crippen LogP contribution in [0.1, 0.15) is 360 Å². The quantitative estimate of drug-likeness (QED) is 0.0557. The van der Waals surface area contributed by atoms with Crippen LogP contribution in [0.25, 0.3) is 21.3 Å². The minimum Gasteiger partial charge on any atom is -0.687 e. The van der Waals surface area contributed by atoms with E-state index in [0.717, 1.165) is 129 Å². The van der Waals surface area contributed by atoms with Crippen molar-refractivity contribution in [2.45, 2.75) is 429 Å². The second-order valence-electron chi connectivity index (χ2n) is 36.9. The van der Waals surface area contributed by atoms with Crippen LogP contribution in [0.5, 0.6) is 0 Å². The van der Waals surface area contributed by atoms with Gasteiger partial charge in [-0.3, -0.25) is 19.2 Å². The van der Waals surface area contributed by atoms with Crippen LogP contribution in [0.3, 0.4) is 0 Å². The number of piperidine rings is 3. The summed E-state index contributed by atoms with van der Waals surface area (Å²) in [6, 6.07) is 0.216. The average Bonchev–Trinajstić information content (AvgIpc) is 0.862. The first-order valence-electron chi connectivity index (χ1n) is 46.9. The minimum atomic E-state index is -0.0851. The predicted molar refractivity (Wildman–Crippen MR) is 465 cm³/mol. The summed E-state index contributed by atoms with van der Waals surface area (Å²) in [7, 11) is -0.340. The standard InChI is InChI=1S/2C27H50P2.C18H30N4O2.C18H26N4O2.4Au/c2*1-5-14-24(15-6-1)28(25-16-7-2-8-17-25)22-13-23-29(26-18-9-3-10-19-26)27-20-11-4-12-21-27;2*23-17(13-5-9-19-10-6-13)21-15-3-1-2-4-16(15)22-18(24)14-7-11-20-12-8-14;;;;/h2*24-27H,1-23H2;13-16H,1-12H2,(H,21,23)(H,22,24);5-6,9,14-16H,1-4,7-8,10-12H2,(H,21,23)(H,22,24);;;;/q;;2*-2;4*+1/p+4. The second-order valence-corrected chi connectivity index (χ2v) is 50.0. The summed E-state index contributed by atoms with van der Waals surface area (Å²) in [5.41, 5.74) is 10.4. The molecule has 0 bridgehead atoms. The van der Waals surface area contributed by atoms with Gasteiger partial charge in [0.2, 0.25) is 17.7 Å². The Kier molecular flexibility index (Phi) is 52.0. The maximum atomic E-state index is 12.5. The topological polar surface area (TPSA) is 173 Å². The molecule has 644 valence electrons. The number of hydrogen-bond acceptors (Lipinski definition) is 4. The SMILES string of the molecule is C1CCC([PH+](CCC[PH+](C2CCCCC2)C2CCCCC2)C2CCCCC2)CC1.C1CCC([PH+](CCC[PH+](C2CCCCC2)C2CCCCC2)C2CCCCC2)CC1.O=C(NC1CCCCC1NC(=O)C1CC[N-]CC1)C1=CC[N-]C=C1.O=C(NC1CCCCC1NC(=O)C1CC[N-]CC1)C1CC[N-]CC1.[Au+].[Au+].[Au+].[Au+]. The molecule has 4 N–H and O–H groups in total. The van der Waals surface area contributed by atoms with Crippen LogP contribution in [-0.2, 0) is 109 Å². The molecule has 0 aromatic rings. The first kappa shape index (κ1) is 98.8. The molecule has 10 saturated carbocycles. The van der Waals surface area contributed by atoms with E-state index in [1.807, 2.05) is 6.08 Å². The summed E-state index contributed by atoms with van der Waals surface area (Å²) >= 11 is 0. The van der Waals surface area contributed by atoms with Gasteiger partial charge in [0.05, 0.1) is 69.9 Å². The molecular formula is C90H160Au4N8O4P4+4. The Labute approximate surface area is 740 Å². The van der Waals surface area contributed by atoms with Crippen LogP contribution in [0.2, 0.25) is 0 Å². The third kappa shape index (κ3) is 33.9. The number of nitrogens with zero attached hydrogens (tertiary/aromatic N) is 4. The maximum absolute atomic E-state index is 12.5. The Bertz CT molecular complexity index is 2250. The second kappa shape index (κ2) is 57.9. The van der Waals surface area contributed by atoms with E-state index in [-0.39, 0.29) is 187 Å². The van der Waals surface area contributed by atoms with Gasteiger partial charge >= 0.3 is 89.5 Å². The van der Waals surface area contributed by atoms with Crippen molar-refractivity contribution in [3.8, 4) is 0 Å². The fourth-order valence-electron chi connectivity index (χ4n) is 23.5. The van der Waals surface area contributed by atoms with Crippen molar-refractivity contribution < 1.29 is 109 Å². The Hall–Kier alpha value is 1.72. The molecule has 0 aromatic carbocycles. The summed E-state index contributed by atoms with van der Waals surface area (Å²) in [6.45, 7) is 5.33. The van der Waals surface area contributed by atoms with Gasteiger partial charge in [-0.05, 0) is 231 Å². The normalized spacial score (nSPS) is 26.9. The number of rotatable bonds is 24. The fraction of sp³-hybridized carbons (Fsp3) is 0.911. The van der Waals surface area contributed by atoms with Gasteiger partial charge in [0.1, 0.15) is 0 Å². The van der Waals surface area contributed by atoms with E-state index in [4.69, 9.17) is 0 Å². The van der Waals surface area contributed by atoms with Gasteiger partial charge in [-0.25, -0.2) is 0 Å². The molecule has 0 radical (unpaired) electrons. The third-order valence-electron chi connectivity index (χ3n) is 29.7. The van der Waals surface area contributed by atoms with Gasteiger partial charge < -0.3 is 42.5 Å². The summed E-state index contributed by atoms with van der Waals surface area (Å²) in [5.74, 6) is 0.656. The molecule has 4 aliphatic heterocycles. The molecule has 110 heavy (non-hydrogen) atoms. The van der Waals surface area contributed by atoms with Gasteiger partial charge in [0, 0.05) is 92.0 Å². The number of carbonyl (C=O) groups is 4. The molecule has 14 aliphatic rings. The van der Waals surface area contributed by atoms with Crippen LogP contribution in [0.15, 0.2) is 23.9 Å². The molecule has 4 atom stereocenters. The van der Waals surface area contributed by atoms with Gasteiger partial charge in [0.15, 0.2) is 0 Å². The molecule has 10 aliphatic carbocycles. The number of carbonyl (C=O) groups excluding carboxylic acids is 4. The van der Waals surface area contributed by atoms with Crippen LogP contribution < -0.4 is 21.3 Å². The van der Waals surface area contributed by atoms with E-state index in [2.05, 4.69) is 42.5 Å². The molecule has 0 aromatic heterocycles. The Morgan fingerprint density at radius 3 is 0.700 bits per heavy atom. The largest absolute Gasteiger partial charge is 1.00 e. The maximum Gasteiger partial charge on any atom is 1.00 e. The molecule has 13 fully saturated rings. The molecule has 4 unspecified atom stereocenters. The van der Waals surface area contributed by atoms with Gasteiger partial charge in [-0.15, -0.1) is 45.8 Å². The molecule has 3 saturated heterocycles. The van der Waals surface area contributed by atoms with Crippen LogP contribution >= 0.6 is 31.7 Å². The number of amides is 4. The third-order valence-corrected chi connectivity index (χ3v) is 46.4. The van der Waals surface area contributed by atoms with E-state index in [9.17, 15) is 19.2 Å². The van der Waals surface area contributed by atoms with E-state index in [1.165, 1.54) is 45.3 Å². The number of hydrogen-bond donors (Lipinski definition) is 4. The summed E-state index contributed by atoms with van der Waals surface area (Å²) in [5, 5.41) is 29.8. The molecule has 12 nitrogen and oxygen atoms in total. The van der Waals surface area contributed by atoms with Crippen LogP contribution in [-0.4, -0.2) is 164 Å². The van der Waals surface area contributed by atoms with Crippen molar-refractivity contribution in [2.24, 2.45) is 17.8 Å². The molecule has 4 heterocycles. The van der Waals surface area contributed by atoms with Gasteiger partial charge in [0.25, 0.3) is 5.91 Å². The van der Waals surface area contributed by atoms with Gasteiger partial charge in [-0.2, -0.15) is 6.20 Å². The van der Waals surface area contributed by atoms with Crippen molar-refractivity contribution in [1.29, 1.82) is 0 Å². The zero-order chi connectivity index (χ0) is 73.0. The average molecular weight is 2330 g/mol. The summed E-state index contributed by atoms with van der Waals surface area (Å²) in [6.07, 6.45) is 92.5. The van der Waals surface area contributed by atoms with Crippen LogP contribution in [0, 0.1) is 17.8 Å². The Balaban J connectivity index is 0.000000202. The minimum absolute atomic E-state index is 0. The van der Waals surface area contributed by atoms with Crippen molar-refractivity contribution in [2.75, 3.05) is 70.5 Å². The summed E-state index contributed by atoms with van der Waals surface area (Å²) in [4.78, 5) is 49.9. The van der Waals surface area contributed by atoms with Crippen molar-refractivity contribution in [3.05, 3.63) is 45.2 Å². The predicted octanol–water partition coefficient (Wildman–Crippen LogP) is 22.5. The summed E-state index contributed by atoms with van der Waals surface area (Å²) < 4.78 is 0. The van der Waals surface area contributed by atoms with Crippen LogP contribution in [0.4, 0.5) is 0 Å². The zero-order valence-electron chi connectivity index (χ0n) is 68.9.